The molecule has 0 heterocycles. The van der Waals surface area contributed by atoms with E-state index in [1.807, 2.05) is 24.3 Å². The zero-order chi connectivity index (χ0) is 38.7. The molecule has 54 heavy (non-hydrogen) atoms. The predicted molar refractivity (Wildman–Crippen MR) is 199 cm³/mol. The van der Waals surface area contributed by atoms with Crippen LogP contribution >= 0.6 is 0 Å². The van der Waals surface area contributed by atoms with E-state index < -0.39 is 37.1 Å². The van der Waals surface area contributed by atoms with Crippen LogP contribution in [0.5, 0.6) is 23.0 Å². The quantitative estimate of drug-likeness (QED) is 0.0426. The Hall–Kier alpha value is -6.24. The number of unbranched alkanes of at least 4 members (excludes halogenated alkanes) is 2. The third kappa shape index (κ3) is 13.1. The Balaban J connectivity index is 1.16. The Morgan fingerprint density at radius 3 is 1.09 bits per heavy atom. The van der Waals surface area contributed by atoms with Gasteiger partial charge in [0.05, 0.1) is 61.9 Å². The van der Waals surface area contributed by atoms with Crippen LogP contribution in [0, 0.1) is 0 Å². The molecule has 0 saturated heterocycles. The molecule has 2 N–H and O–H groups in total. The molecule has 0 aliphatic carbocycles. The largest absolute Gasteiger partial charge is 0.494 e. The highest BCUT2D eigenvalue weighted by atomic mass is 16.5. The molecule has 0 atom stereocenters. The number of rotatable bonds is 21. The summed E-state index contributed by atoms with van der Waals surface area (Å²) < 4.78 is 32.4. The molecule has 282 valence electrons. The van der Waals surface area contributed by atoms with Crippen LogP contribution in [0.2, 0.25) is 0 Å². The monoisotopic (exact) mass is 738 g/mol. The third-order valence-corrected chi connectivity index (χ3v) is 7.68. The van der Waals surface area contributed by atoms with E-state index in [2.05, 4.69) is 13.2 Å². The third-order valence-electron chi connectivity index (χ3n) is 7.68. The second-order valence-electron chi connectivity index (χ2n) is 11.8. The molecular formula is C42H42O12. The molecule has 0 saturated carbocycles. The SMILES string of the molecule is C=C(CO)C(=O)OCCCCOc1ccc(C(=O)Oc2ccc(-c3ccc(OC(=O)c4ccc(OCCCCOC(=O)C(=C)CO)cc4)cc3)cc2)cc1. The van der Waals surface area contributed by atoms with E-state index >= 15 is 0 Å². The average molecular weight is 739 g/mol. The molecule has 0 radical (unpaired) electrons. The lowest BCUT2D eigenvalue weighted by atomic mass is 10.1. The Kier molecular flexibility index (Phi) is 16.0. The molecule has 0 aliphatic rings. The van der Waals surface area contributed by atoms with E-state index in [0.29, 0.717) is 73.0 Å². The van der Waals surface area contributed by atoms with Crippen molar-refractivity contribution in [1.82, 2.24) is 0 Å². The van der Waals surface area contributed by atoms with Crippen molar-refractivity contribution in [3.63, 3.8) is 0 Å². The lowest BCUT2D eigenvalue weighted by Crippen LogP contribution is -2.11. The van der Waals surface area contributed by atoms with Crippen molar-refractivity contribution in [3.8, 4) is 34.1 Å². The average Bonchev–Trinajstić information content (AvgIpc) is 3.20. The van der Waals surface area contributed by atoms with Gasteiger partial charge in [0.15, 0.2) is 0 Å². The van der Waals surface area contributed by atoms with Gasteiger partial charge in [-0.1, -0.05) is 37.4 Å². The fourth-order valence-corrected chi connectivity index (χ4v) is 4.59. The standard InChI is InChI=1S/C42H42O12/c1-29(27-43)39(45)51-25-5-3-23-49-35-15-11-33(12-16-35)41(47)53-37-19-7-31(8-20-37)32-9-21-38(22-10-32)54-42(48)34-13-17-36(18-14-34)50-24-4-6-26-52-40(46)30(2)28-44/h7-22,43-44H,1-6,23-28H2. The minimum atomic E-state index is -0.616. The van der Waals surface area contributed by atoms with Crippen LogP contribution in [-0.4, -0.2) is 73.7 Å². The summed E-state index contributed by atoms with van der Waals surface area (Å²) in [6.45, 7) is 7.14. The van der Waals surface area contributed by atoms with E-state index in [4.69, 9.17) is 38.6 Å². The predicted octanol–water partition coefficient (Wildman–Crippen LogP) is 6.29. The van der Waals surface area contributed by atoms with Gasteiger partial charge < -0.3 is 38.6 Å². The molecule has 4 rings (SSSR count). The van der Waals surface area contributed by atoms with Gasteiger partial charge >= 0.3 is 23.9 Å². The molecule has 12 heteroatoms. The van der Waals surface area contributed by atoms with Crippen LogP contribution in [0.25, 0.3) is 11.1 Å². The molecule has 12 nitrogen and oxygen atoms in total. The van der Waals surface area contributed by atoms with Gasteiger partial charge in [-0.05, 0) is 110 Å². The summed E-state index contributed by atoms with van der Waals surface area (Å²) in [5.41, 5.74) is 2.47. The van der Waals surface area contributed by atoms with E-state index in [1.54, 1.807) is 72.8 Å². The molecule has 4 aromatic carbocycles. The number of aliphatic hydroxyl groups excluding tert-OH is 2. The number of benzene rings is 4. The number of ether oxygens (including phenoxy) is 6. The molecule has 0 aliphatic heterocycles. The van der Waals surface area contributed by atoms with Gasteiger partial charge in [-0.2, -0.15) is 0 Å². The molecule has 4 aromatic rings. The van der Waals surface area contributed by atoms with Crippen LogP contribution in [0.1, 0.15) is 46.4 Å². The van der Waals surface area contributed by atoms with E-state index in [0.717, 1.165) is 11.1 Å². The van der Waals surface area contributed by atoms with Gasteiger partial charge in [0.2, 0.25) is 0 Å². The van der Waals surface area contributed by atoms with Gasteiger partial charge in [0.25, 0.3) is 0 Å². The van der Waals surface area contributed by atoms with Crippen molar-refractivity contribution >= 4 is 23.9 Å². The van der Waals surface area contributed by atoms with Crippen molar-refractivity contribution < 1.29 is 57.8 Å². The second kappa shape index (κ2) is 21.3. The summed E-state index contributed by atoms with van der Waals surface area (Å²) in [5.74, 6) is -0.360. The van der Waals surface area contributed by atoms with Crippen molar-refractivity contribution in [2.45, 2.75) is 25.7 Å². The lowest BCUT2D eigenvalue weighted by Gasteiger charge is -2.09. The number of carbonyl (C=O) groups excluding carboxylic acids is 4. The summed E-state index contributed by atoms with van der Waals surface area (Å²) in [6.07, 6.45) is 2.45. The fourth-order valence-electron chi connectivity index (χ4n) is 4.59. The summed E-state index contributed by atoms with van der Waals surface area (Å²) in [5, 5.41) is 17.7. The van der Waals surface area contributed by atoms with Gasteiger partial charge in [-0.3, -0.25) is 0 Å². The minimum absolute atomic E-state index is 0.0119. The second-order valence-corrected chi connectivity index (χ2v) is 11.8. The smallest absolute Gasteiger partial charge is 0.343 e. The zero-order valence-corrected chi connectivity index (χ0v) is 29.7. The number of aliphatic hydroxyl groups is 2. The molecule has 0 unspecified atom stereocenters. The highest BCUT2D eigenvalue weighted by molar-refractivity contribution is 5.92. The van der Waals surface area contributed by atoms with Crippen LogP contribution in [0.4, 0.5) is 0 Å². The van der Waals surface area contributed by atoms with Crippen LogP contribution in [0.15, 0.2) is 121 Å². The molecule has 0 aromatic heterocycles. The molecule has 0 bridgehead atoms. The van der Waals surface area contributed by atoms with E-state index in [9.17, 15) is 19.2 Å². The van der Waals surface area contributed by atoms with Gasteiger partial charge in [-0.15, -0.1) is 0 Å². The van der Waals surface area contributed by atoms with Crippen LogP contribution in [0.3, 0.4) is 0 Å². The van der Waals surface area contributed by atoms with E-state index in [-0.39, 0.29) is 24.4 Å². The summed E-state index contributed by atoms with van der Waals surface area (Å²) in [4.78, 5) is 48.3. The first-order valence-electron chi connectivity index (χ1n) is 17.2. The lowest BCUT2D eigenvalue weighted by molar-refractivity contribution is -0.140. The maximum absolute atomic E-state index is 12.7. The summed E-state index contributed by atoms with van der Waals surface area (Å²) in [6, 6.07) is 27.2. The van der Waals surface area contributed by atoms with Crippen molar-refractivity contribution in [3.05, 3.63) is 132 Å². The molecule has 0 amide bonds. The minimum Gasteiger partial charge on any atom is -0.494 e. The van der Waals surface area contributed by atoms with E-state index in [1.165, 1.54) is 0 Å². The normalized spacial score (nSPS) is 10.5. The highest BCUT2D eigenvalue weighted by Gasteiger charge is 2.12. The highest BCUT2D eigenvalue weighted by Crippen LogP contribution is 2.26. The van der Waals surface area contributed by atoms with Gasteiger partial charge in [0.1, 0.15) is 23.0 Å². The number of hydrogen-bond donors (Lipinski definition) is 2. The Morgan fingerprint density at radius 2 is 0.759 bits per heavy atom. The first-order chi connectivity index (χ1) is 26.2. The number of hydrogen-bond acceptors (Lipinski definition) is 12. The number of esters is 4. The summed E-state index contributed by atoms with van der Waals surface area (Å²) in [7, 11) is 0. The van der Waals surface area contributed by atoms with Crippen LogP contribution in [-0.2, 0) is 19.1 Å². The van der Waals surface area contributed by atoms with Gasteiger partial charge in [-0.25, -0.2) is 19.2 Å². The van der Waals surface area contributed by atoms with Crippen molar-refractivity contribution in [1.29, 1.82) is 0 Å². The maximum atomic E-state index is 12.7. The first kappa shape index (κ1) is 40.5. The van der Waals surface area contributed by atoms with Crippen molar-refractivity contribution in [2.24, 2.45) is 0 Å². The van der Waals surface area contributed by atoms with Crippen molar-refractivity contribution in [2.75, 3.05) is 39.6 Å². The Labute approximate surface area is 313 Å². The molecule has 0 spiro atoms. The summed E-state index contributed by atoms with van der Waals surface area (Å²) >= 11 is 0. The Morgan fingerprint density at radius 1 is 0.444 bits per heavy atom. The molecule has 0 fully saturated rings. The number of carbonyl (C=O) groups is 4. The van der Waals surface area contributed by atoms with Crippen LogP contribution < -0.4 is 18.9 Å². The maximum Gasteiger partial charge on any atom is 0.343 e. The van der Waals surface area contributed by atoms with Gasteiger partial charge in [0, 0.05) is 0 Å². The fraction of sp³-hybridized carbons (Fsp3) is 0.238. The zero-order valence-electron chi connectivity index (χ0n) is 29.7. The first-order valence-corrected chi connectivity index (χ1v) is 17.2. The molecular weight excluding hydrogens is 696 g/mol. The topological polar surface area (TPSA) is 164 Å². The Bertz CT molecular complexity index is 1720.